The van der Waals surface area contributed by atoms with Gasteiger partial charge in [0.25, 0.3) is 0 Å². The van der Waals surface area contributed by atoms with Crippen molar-refractivity contribution in [3.8, 4) is 0 Å². The summed E-state index contributed by atoms with van der Waals surface area (Å²) in [5.41, 5.74) is 0.712. The van der Waals surface area contributed by atoms with Crippen molar-refractivity contribution in [1.29, 1.82) is 0 Å². The first-order valence-electron chi connectivity index (χ1n) is 7.62. The van der Waals surface area contributed by atoms with Gasteiger partial charge >= 0.3 is 0 Å². The molecule has 1 aromatic carbocycles. The Bertz CT molecular complexity index is 509. The van der Waals surface area contributed by atoms with Crippen molar-refractivity contribution in [3.05, 3.63) is 34.9 Å². The lowest BCUT2D eigenvalue weighted by atomic mass is 9.75. The summed E-state index contributed by atoms with van der Waals surface area (Å²) in [6, 6.07) is 7.72. The zero-order valence-electron chi connectivity index (χ0n) is 13.3. The number of nitrogens with one attached hydrogen (secondary N) is 1. The molecule has 1 N–H and O–H groups in total. The largest absolute Gasteiger partial charge is 0.338 e. The highest BCUT2D eigenvalue weighted by Crippen LogP contribution is 2.38. The molecule has 116 valence electrons. The molecular weight excluding hydrogens is 284 g/mol. The molecule has 0 spiro atoms. The lowest BCUT2D eigenvalue weighted by Gasteiger charge is -2.38. The molecule has 1 aromatic rings. The molecule has 3 nitrogen and oxygen atoms in total. The van der Waals surface area contributed by atoms with Gasteiger partial charge in [0.05, 0.1) is 11.5 Å². The highest BCUT2D eigenvalue weighted by molar-refractivity contribution is 6.31. The fourth-order valence-electron chi connectivity index (χ4n) is 3.18. The second kappa shape index (κ2) is 6.37. The van der Waals surface area contributed by atoms with E-state index in [1.807, 2.05) is 43.1 Å². The van der Waals surface area contributed by atoms with Crippen molar-refractivity contribution in [2.24, 2.45) is 11.3 Å². The normalized spacial score (nSPS) is 23.3. The Morgan fingerprint density at radius 1 is 1.33 bits per heavy atom. The van der Waals surface area contributed by atoms with Gasteiger partial charge in [0.2, 0.25) is 5.91 Å². The standard InChI is InChI=1S/C17H25ClN2O/c1-12(2)17(9-10-19-11-17)16(21)20(4)13(3)14-7-5-6-8-15(14)18/h5-8,12-13,19H,9-11H2,1-4H3. The topological polar surface area (TPSA) is 32.3 Å². The molecule has 1 amide bonds. The summed E-state index contributed by atoms with van der Waals surface area (Å²) in [5, 5.41) is 4.06. The average molecular weight is 309 g/mol. The molecule has 0 saturated carbocycles. The van der Waals surface area contributed by atoms with Crippen LogP contribution in [0, 0.1) is 11.3 Å². The number of hydrogen-bond acceptors (Lipinski definition) is 2. The molecule has 2 rings (SSSR count). The van der Waals surface area contributed by atoms with Crippen molar-refractivity contribution in [1.82, 2.24) is 10.2 Å². The third-order valence-electron chi connectivity index (χ3n) is 4.98. The molecule has 1 aliphatic heterocycles. The van der Waals surface area contributed by atoms with Crippen LogP contribution in [0.1, 0.15) is 38.8 Å². The van der Waals surface area contributed by atoms with Crippen molar-refractivity contribution in [2.45, 2.75) is 33.2 Å². The Kier molecular flexibility index (Phi) is 4.95. The monoisotopic (exact) mass is 308 g/mol. The number of halogens is 1. The first-order valence-corrected chi connectivity index (χ1v) is 8.00. The average Bonchev–Trinajstić information content (AvgIpc) is 2.96. The van der Waals surface area contributed by atoms with E-state index in [9.17, 15) is 4.79 Å². The predicted octanol–water partition coefficient (Wildman–Crippen LogP) is 3.50. The van der Waals surface area contributed by atoms with E-state index in [0.29, 0.717) is 10.9 Å². The Balaban J connectivity index is 2.24. The molecule has 0 bridgehead atoms. The number of amides is 1. The molecule has 1 heterocycles. The van der Waals surface area contributed by atoms with Crippen LogP contribution in [-0.2, 0) is 4.79 Å². The van der Waals surface area contributed by atoms with Gasteiger partial charge in [0.1, 0.15) is 0 Å². The van der Waals surface area contributed by atoms with E-state index in [0.717, 1.165) is 25.1 Å². The first kappa shape index (κ1) is 16.3. The Hall–Kier alpha value is -1.06. The molecule has 2 atom stereocenters. The molecule has 0 radical (unpaired) electrons. The van der Waals surface area contributed by atoms with Crippen LogP contribution in [0.3, 0.4) is 0 Å². The van der Waals surface area contributed by atoms with Crippen molar-refractivity contribution in [3.63, 3.8) is 0 Å². The molecule has 2 unspecified atom stereocenters. The summed E-state index contributed by atoms with van der Waals surface area (Å²) in [7, 11) is 1.89. The van der Waals surface area contributed by atoms with E-state index in [2.05, 4.69) is 19.2 Å². The molecular formula is C17H25ClN2O. The van der Waals surface area contributed by atoms with E-state index in [4.69, 9.17) is 11.6 Å². The van der Waals surface area contributed by atoms with Crippen LogP contribution in [0.25, 0.3) is 0 Å². The Morgan fingerprint density at radius 3 is 2.52 bits per heavy atom. The maximum absolute atomic E-state index is 13.1. The number of nitrogens with zero attached hydrogens (tertiary/aromatic N) is 1. The number of hydrogen-bond donors (Lipinski definition) is 1. The summed E-state index contributed by atoms with van der Waals surface area (Å²) in [6.45, 7) is 7.99. The van der Waals surface area contributed by atoms with Crippen LogP contribution in [-0.4, -0.2) is 30.9 Å². The first-order chi connectivity index (χ1) is 9.90. The van der Waals surface area contributed by atoms with E-state index < -0.39 is 0 Å². The second-order valence-electron chi connectivity index (χ2n) is 6.35. The Labute approximate surface area is 132 Å². The zero-order valence-corrected chi connectivity index (χ0v) is 14.1. The summed E-state index contributed by atoms with van der Waals surface area (Å²) < 4.78 is 0. The second-order valence-corrected chi connectivity index (χ2v) is 6.76. The quantitative estimate of drug-likeness (QED) is 0.923. The highest BCUT2D eigenvalue weighted by atomic mass is 35.5. The van der Waals surface area contributed by atoms with Crippen molar-refractivity contribution < 1.29 is 4.79 Å². The fourth-order valence-corrected chi connectivity index (χ4v) is 3.48. The zero-order chi connectivity index (χ0) is 15.6. The minimum absolute atomic E-state index is 0.0255. The molecule has 0 aliphatic carbocycles. The van der Waals surface area contributed by atoms with E-state index in [-0.39, 0.29) is 17.4 Å². The summed E-state index contributed by atoms with van der Waals surface area (Å²) in [4.78, 5) is 14.9. The van der Waals surface area contributed by atoms with Crippen LogP contribution in [0.4, 0.5) is 0 Å². The van der Waals surface area contributed by atoms with Crippen LogP contribution in [0.5, 0.6) is 0 Å². The summed E-state index contributed by atoms with van der Waals surface area (Å²) in [6.07, 6.45) is 0.906. The lowest BCUT2D eigenvalue weighted by Crippen LogP contribution is -2.47. The maximum Gasteiger partial charge on any atom is 0.230 e. The van der Waals surface area contributed by atoms with Gasteiger partial charge in [-0.2, -0.15) is 0 Å². The SMILES string of the molecule is CC(c1ccccc1Cl)N(C)C(=O)C1(C(C)C)CCNC1. The van der Waals surface area contributed by atoms with E-state index in [1.54, 1.807) is 0 Å². The van der Waals surface area contributed by atoms with Crippen molar-refractivity contribution in [2.75, 3.05) is 20.1 Å². The minimum Gasteiger partial charge on any atom is -0.338 e. The Morgan fingerprint density at radius 2 is 2.00 bits per heavy atom. The lowest BCUT2D eigenvalue weighted by molar-refractivity contribution is -0.144. The molecule has 1 aliphatic rings. The highest BCUT2D eigenvalue weighted by Gasteiger charge is 2.46. The number of carbonyl (C=O) groups excluding carboxylic acids is 1. The minimum atomic E-state index is -0.287. The molecule has 1 fully saturated rings. The van der Waals surface area contributed by atoms with Gasteiger partial charge < -0.3 is 10.2 Å². The number of benzene rings is 1. The van der Waals surface area contributed by atoms with Gasteiger partial charge in [0.15, 0.2) is 0 Å². The van der Waals surface area contributed by atoms with Gasteiger partial charge in [-0.05, 0) is 37.4 Å². The van der Waals surface area contributed by atoms with Gasteiger partial charge in [-0.25, -0.2) is 0 Å². The third-order valence-corrected chi connectivity index (χ3v) is 5.32. The smallest absolute Gasteiger partial charge is 0.230 e. The fraction of sp³-hybridized carbons (Fsp3) is 0.588. The summed E-state index contributed by atoms with van der Waals surface area (Å²) >= 11 is 6.27. The van der Waals surface area contributed by atoms with Crippen LogP contribution in [0.2, 0.25) is 5.02 Å². The third kappa shape index (κ3) is 2.95. The van der Waals surface area contributed by atoms with Crippen LogP contribution >= 0.6 is 11.6 Å². The van der Waals surface area contributed by atoms with Crippen LogP contribution in [0.15, 0.2) is 24.3 Å². The summed E-state index contributed by atoms with van der Waals surface area (Å²) in [5.74, 6) is 0.538. The number of rotatable bonds is 4. The van der Waals surface area contributed by atoms with E-state index >= 15 is 0 Å². The van der Waals surface area contributed by atoms with E-state index in [1.165, 1.54) is 0 Å². The van der Waals surface area contributed by atoms with Crippen LogP contribution < -0.4 is 5.32 Å². The van der Waals surface area contributed by atoms with Crippen molar-refractivity contribution >= 4 is 17.5 Å². The predicted molar refractivity (Wildman–Crippen MR) is 87.4 cm³/mol. The van der Waals surface area contributed by atoms with Gasteiger partial charge in [-0.15, -0.1) is 0 Å². The molecule has 21 heavy (non-hydrogen) atoms. The molecule has 4 heteroatoms. The number of carbonyl (C=O) groups is 1. The van der Waals surface area contributed by atoms with Gasteiger partial charge in [0, 0.05) is 18.6 Å². The van der Waals surface area contributed by atoms with Gasteiger partial charge in [-0.1, -0.05) is 43.6 Å². The maximum atomic E-state index is 13.1. The molecule has 1 saturated heterocycles. The molecule has 0 aromatic heterocycles. The van der Waals surface area contributed by atoms with Gasteiger partial charge in [-0.3, -0.25) is 4.79 Å².